The van der Waals surface area contributed by atoms with Crippen molar-refractivity contribution in [3.63, 3.8) is 0 Å². The van der Waals surface area contributed by atoms with E-state index in [1.807, 2.05) is 38.9 Å². The zero-order valence-electron chi connectivity index (χ0n) is 16.3. The second-order valence-electron chi connectivity index (χ2n) is 7.98. The second kappa shape index (κ2) is 9.21. The molecule has 5 heteroatoms. The van der Waals surface area contributed by atoms with Crippen molar-refractivity contribution >= 4 is 11.8 Å². The Morgan fingerprint density at radius 3 is 2.33 bits per heavy atom. The van der Waals surface area contributed by atoms with Crippen LogP contribution >= 0.6 is 0 Å². The van der Waals surface area contributed by atoms with Crippen LogP contribution in [0.25, 0.3) is 0 Å². The van der Waals surface area contributed by atoms with Gasteiger partial charge in [-0.3, -0.25) is 9.59 Å². The van der Waals surface area contributed by atoms with E-state index >= 15 is 0 Å². The fourth-order valence-electron chi connectivity index (χ4n) is 3.37. The molecule has 1 N–H and O–H groups in total. The molecule has 0 aromatic rings. The Morgan fingerprint density at radius 1 is 1.25 bits per heavy atom. The molecule has 1 saturated heterocycles. The highest BCUT2D eigenvalue weighted by molar-refractivity contribution is 5.93. The molecule has 1 aliphatic heterocycles. The molecule has 0 aromatic heterocycles. The standard InChI is InChI=1S/C19H35N3O2/c1-7-8-15(2)18(24)22-11-9-16(10-12-22)17(23)20-13-19(3,4)14-21(5)6/h8,16H,7,9-14H2,1-6H3,(H,20,23)/b15-8+. The molecule has 1 rings (SSSR count). The molecule has 0 unspecified atom stereocenters. The maximum absolute atomic E-state index is 12.4. The van der Waals surface area contributed by atoms with Crippen molar-refractivity contribution in [1.82, 2.24) is 15.1 Å². The summed E-state index contributed by atoms with van der Waals surface area (Å²) < 4.78 is 0. The first-order valence-corrected chi connectivity index (χ1v) is 9.04. The zero-order valence-corrected chi connectivity index (χ0v) is 16.3. The van der Waals surface area contributed by atoms with E-state index < -0.39 is 0 Å². The summed E-state index contributed by atoms with van der Waals surface area (Å²) in [6.45, 7) is 11.2. The Kier molecular flexibility index (Phi) is 7.94. The minimum absolute atomic E-state index is 0.0275. The maximum atomic E-state index is 12.4. The van der Waals surface area contributed by atoms with Gasteiger partial charge in [0, 0.05) is 37.7 Å². The van der Waals surface area contributed by atoms with Gasteiger partial charge in [0.15, 0.2) is 0 Å². The molecule has 24 heavy (non-hydrogen) atoms. The number of carbonyl (C=O) groups is 2. The lowest BCUT2D eigenvalue weighted by atomic mass is 9.91. The smallest absolute Gasteiger partial charge is 0.249 e. The van der Waals surface area contributed by atoms with Gasteiger partial charge < -0.3 is 15.1 Å². The van der Waals surface area contributed by atoms with Crippen LogP contribution in [-0.4, -0.2) is 61.9 Å². The van der Waals surface area contributed by atoms with E-state index in [1.54, 1.807) is 0 Å². The second-order valence-corrected chi connectivity index (χ2v) is 7.98. The highest BCUT2D eigenvalue weighted by atomic mass is 16.2. The molecule has 0 atom stereocenters. The van der Waals surface area contributed by atoms with Gasteiger partial charge in [-0.1, -0.05) is 26.8 Å². The summed E-state index contributed by atoms with van der Waals surface area (Å²) in [4.78, 5) is 28.7. The Bertz CT molecular complexity index is 461. The molecule has 0 spiro atoms. The molecule has 0 aromatic carbocycles. The predicted octanol–water partition coefficient (Wildman–Crippen LogP) is 2.29. The van der Waals surface area contributed by atoms with Gasteiger partial charge in [0.2, 0.25) is 11.8 Å². The number of hydrogen-bond acceptors (Lipinski definition) is 3. The van der Waals surface area contributed by atoms with Crippen molar-refractivity contribution < 1.29 is 9.59 Å². The van der Waals surface area contributed by atoms with Gasteiger partial charge in [0.05, 0.1) is 0 Å². The summed E-state index contributed by atoms with van der Waals surface area (Å²) in [5.41, 5.74) is 0.864. The van der Waals surface area contributed by atoms with Crippen LogP contribution < -0.4 is 5.32 Å². The van der Waals surface area contributed by atoms with Crippen molar-refractivity contribution in [3.05, 3.63) is 11.6 Å². The Labute approximate surface area is 147 Å². The van der Waals surface area contributed by atoms with Gasteiger partial charge in [-0.15, -0.1) is 0 Å². The average molecular weight is 338 g/mol. The Balaban J connectivity index is 2.43. The number of likely N-dealkylation sites (tertiary alicyclic amines) is 1. The van der Waals surface area contributed by atoms with Crippen molar-refractivity contribution in [1.29, 1.82) is 0 Å². The molecule has 1 heterocycles. The number of nitrogens with zero attached hydrogens (tertiary/aromatic N) is 2. The van der Waals surface area contributed by atoms with E-state index in [0.29, 0.717) is 19.6 Å². The summed E-state index contributed by atoms with van der Waals surface area (Å²) in [5, 5.41) is 3.10. The monoisotopic (exact) mass is 337 g/mol. The molecule has 2 amide bonds. The minimum Gasteiger partial charge on any atom is -0.355 e. The molecule has 0 aliphatic carbocycles. The van der Waals surface area contributed by atoms with E-state index in [4.69, 9.17) is 0 Å². The third-order valence-electron chi connectivity index (χ3n) is 4.49. The minimum atomic E-state index is 0.0275. The maximum Gasteiger partial charge on any atom is 0.249 e. The van der Waals surface area contributed by atoms with E-state index in [2.05, 4.69) is 24.1 Å². The molecule has 1 aliphatic rings. The number of piperidine rings is 1. The summed E-state index contributed by atoms with van der Waals surface area (Å²) in [7, 11) is 4.09. The summed E-state index contributed by atoms with van der Waals surface area (Å²) >= 11 is 0. The van der Waals surface area contributed by atoms with Gasteiger partial charge in [-0.05, 0) is 45.7 Å². The molecule has 1 fully saturated rings. The number of amides is 2. The number of rotatable bonds is 7. The topological polar surface area (TPSA) is 52.7 Å². The summed E-state index contributed by atoms with van der Waals surface area (Å²) in [6.07, 6.45) is 4.35. The van der Waals surface area contributed by atoms with Crippen molar-refractivity contribution in [2.45, 2.75) is 47.0 Å². The summed E-state index contributed by atoms with van der Waals surface area (Å²) in [6, 6.07) is 0. The van der Waals surface area contributed by atoms with Gasteiger partial charge >= 0.3 is 0 Å². The highest BCUT2D eigenvalue weighted by Gasteiger charge is 2.29. The fourth-order valence-corrected chi connectivity index (χ4v) is 3.37. The third kappa shape index (κ3) is 6.63. The summed E-state index contributed by atoms with van der Waals surface area (Å²) in [5.74, 6) is 0.275. The first kappa shape index (κ1) is 20.7. The van der Waals surface area contributed by atoms with Crippen LogP contribution in [0.3, 0.4) is 0 Å². The van der Waals surface area contributed by atoms with Crippen molar-refractivity contribution in [3.8, 4) is 0 Å². The average Bonchev–Trinajstić information content (AvgIpc) is 2.51. The Hall–Kier alpha value is -1.36. The number of nitrogens with one attached hydrogen (secondary N) is 1. The number of allylic oxidation sites excluding steroid dienone is 1. The molecule has 0 saturated carbocycles. The van der Waals surface area contributed by atoms with Crippen LogP contribution in [0.4, 0.5) is 0 Å². The van der Waals surface area contributed by atoms with E-state index in [1.165, 1.54) is 0 Å². The lowest BCUT2D eigenvalue weighted by Gasteiger charge is -2.33. The van der Waals surface area contributed by atoms with Gasteiger partial charge in [0.25, 0.3) is 0 Å². The van der Waals surface area contributed by atoms with Crippen molar-refractivity contribution in [2.24, 2.45) is 11.3 Å². The lowest BCUT2D eigenvalue weighted by Crippen LogP contribution is -2.46. The molecular formula is C19H35N3O2. The molecule has 5 nitrogen and oxygen atoms in total. The predicted molar refractivity (Wildman–Crippen MR) is 98.7 cm³/mol. The first-order valence-electron chi connectivity index (χ1n) is 9.04. The highest BCUT2D eigenvalue weighted by Crippen LogP contribution is 2.20. The zero-order chi connectivity index (χ0) is 18.3. The third-order valence-corrected chi connectivity index (χ3v) is 4.49. The largest absolute Gasteiger partial charge is 0.355 e. The van der Waals surface area contributed by atoms with Gasteiger partial charge in [-0.2, -0.15) is 0 Å². The van der Waals surface area contributed by atoms with Crippen LogP contribution in [0, 0.1) is 11.3 Å². The fraction of sp³-hybridized carbons (Fsp3) is 0.789. The SMILES string of the molecule is CC/C=C(\C)C(=O)N1CCC(C(=O)NCC(C)(C)CN(C)C)CC1. The number of hydrogen-bond donors (Lipinski definition) is 1. The van der Waals surface area contributed by atoms with Crippen LogP contribution in [-0.2, 0) is 9.59 Å². The molecule has 0 bridgehead atoms. The first-order chi connectivity index (χ1) is 11.2. The lowest BCUT2D eigenvalue weighted by molar-refractivity contribution is -0.133. The van der Waals surface area contributed by atoms with Crippen LogP contribution in [0.15, 0.2) is 11.6 Å². The van der Waals surface area contributed by atoms with Gasteiger partial charge in [-0.25, -0.2) is 0 Å². The van der Waals surface area contributed by atoms with Crippen molar-refractivity contribution in [2.75, 3.05) is 40.3 Å². The van der Waals surface area contributed by atoms with E-state index in [9.17, 15) is 9.59 Å². The molecule has 138 valence electrons. The van der Waals surface area contributed by atoms with E-state index in [0.717, 1.165) is 31.4 Å². The molecular weight excluding hydrogens is 302 g/mol. The molecule has 0 radical (unpaired) electrons. The number of carbonyl (C=O) groups excluding carboxylic acids is 2. The van der Waals surface area contributed by atoms with Crippen LogP contribution in [0.2, 0.25) is 0 Å². The Morgan fingerprint density at radius 2 is 1.83 bits per heavy atom. The normalized spacial score (nSPS) is 17.3. The van der Waals surface area contributed by atoms with Gasteiger partial charge in [0.1, 0.15) is 0 Å². The van der Waals surface area contributed by atoms with E-state index in [-0.39, 0.29) is 23.1 Å². The van der Waals surface area contributed by atoms with Crippen LogP contribution in [0.1, 0.15) is 47.0 Å². The van der Waals surface area contributed by atoms with Crippen LogP contribution in [0.5, 0.6) is 0 Å². The quantitative estimate of drug-likeness (QED) is 0.725.